The van der Waals surface area contributed by atoms with E-state index >= 15 is 0 Å². The number of nitrogens with zero attached hydrogens (tertiary/aromatic N) is 3. The van der Waals surface area contributed by atoms with Crippen LogP contribution in [0.4, 0.5) is 14.6 Å². The van der Waals surface area contributed by atoms with Gasteiger partial charge in [-0.15, -0.1) is 0 Å². The van der Waals surface area contributed by atoms with Gasteiger partial charge in [-0.25, -0.2) is 13.8 Å². The SMILES string of the molecule is C=N/C=C(C#N)\C=C(/Cc1ccc(-c2ccc(N)nc2)cc1)C(=O)NCc1ccc(F)c(F)c1. The molecule has 0 bridgehead atoms. The summed E-state index contributed by atoms with van der Waals surface area (Å²) in [6.07, 6.45) is 4.57. The Labute approximate surface area is 195 Å². The maximum absolute atomic E-state index is 13.5. The minimum absolute atomic E-state index is 0.0121. The third-order valence-corrected chi connectivity index (χ3v) is 4.89. The van der Waals surface area contributed by atoms with E-state index in [4.69, 9.17) is 5.73 Å². The molecule has 34 heavy (non-hydrogen) atoms. The molecule has 0 aliphatic heterocycles. The molecule has 0 spiro atoms. The number of pyridine rings is 1. The second kappa shape index (κ2) is 11.3. The van der Waals surface area contributed by atoms with Gasteiger partial charge < -0.3 is 11.1 Å². The summed E-state index contributed by atoms with van der Waals surface area (Å²) in [5.41, 5.74) is 9.12. The van der Waals surface area contributed by atoms with Crippen molar-refractivity contribution in [2.24, 2.45) is 4.99 Å². The van der Waals surface area contributed by atoms with Gasteiger partial charge in [0.25, 0.3) is 0 Å². The van der Waals surface area contributed by atoms with Crippen molar-refractivity contribution in [3.8, 4) is 17.2 Å². The molecule has 1 heterocycles. The van der Waals surface area contributed by atoms with Crippen LogP contribution in [0.15, 0.2) is 89.2 Å². The van der Waals surface area contributed by atoms with E-state index in [2.05, 4.69) is 22.0 Å². The maximum atomic E-state index is 13.5. The van der Waals surface area contributed by atoms with Crippen LogP contribution in [0.5, 0.6) is 0 Å². The third-order valence-electron chi connectivity index (χ3n) is 4.89. The Balaban J connectivity index is 1.80. The van der Waals surface area contributed by atoms with Gasteiger partial charge in [-0.2, -0.15) is 5.26 Å². The first-order valence-corrected chi connectivity index (χ1v) is 10.2. The van der Waals surface area contributed by atoms with Crippen molar-refractivity contribution in [2.75, 3.05) is 5.73 Å². The third kappa shape index (κ3) is 6.43. The zero-order valence-corrected chi connectivity index (χ0v) is 18.1. The minimum atomic E-state index is -0.995. The Morgan fingerprint density at radius 3 is 2.41 bits per heavy atom. The van der Waals surface area contributed by atoms with Gasteiger partial charge in [-0.3, -0.25) is 9.79 Å². The van der Waals surface area contributed by atoms with E-state index in [-0.39, 0.29) is 18.5 Å². The summed E-state index contributed by atoms with van der Waals surface area (Å²) in [7, 11) is 0. The van der Waals surface area contributed by atoms with E-state index < -0.39 is 17.5 Å². The number of anilines is 1. The molecule has 0 radical (unpaired) electrons. The molecule has 0 saturated carbocycles. The Morgan fingerprint density at radius 1 is 1.09 bits per heavy atom. The van der Waals surface area contributed by atoms with Crippen molar-refractivity contribution in [2.45, 2.75) is 13.0 Å². The van der Waals surface area contributed by atoms with Crippen LogP contribution in [0.2, 0.25) is 0 Å². The lowest BCUT2D eigenvalue weighted by atomic mass is 9.99. The normalized spacial score (nSPS) is 11.6. The van der Waals surface area contributed by atoms with Crippen molar-refractivity contribution in [1.82, 2.24) is 10.3 Å². The summed E-state index contributed by atoms with van der Waals surface area (Å²) < 4.78 is 26.6. The van der Waals surface area contributed by atoms with E-state index in [1.54, 1.807) is 12.3 Å². The zero-order valence-electron chi connectivity index (χ0n) is 18.1. The van der Waals surface area contributed by atoms with Gasteiger partial charge in [0.15, 0.2) is 11.6 Å². The molecule has 3 N–H and O–H groups in total. The number of nitrogens with one attached hydrogen (secondary N) is 1. The fourth-order valence-corrected chi connectivity index (χ4v) is 3.14. The van der Waals surface area contributed by atoms with Gasteiger partial charge in [-0.1, -0.05) is 30.3 Å². The Hall–Kier alpha value is -4.64. The molecule has 0 aliphatic carbocycles. The van der Waals surface area contributed by atoms with Crippen molar-refractivity contribution in [3.63, 3.8) is 0 Å². The molecule has 1 amide bonds. The summed E-state index contributed by atoms with van der Waals surface area (Å²) in [5, 5.41) is 12.0. The standard InChI is InChI=1S/C26H21F2N5O/c1-31-14-19(13-29)11-22(26(34)33-15-18-4-8-23(27)24(28)12-18)10-17-2-5-20(6-3-17)21-7-9-25(30)32-16-21/h2-9,11-12,14,16H,1,10,15H2,(H2,30,32)(H,33,34)/b19-14+,22-11+. The zero-order chi connectivity index (χ0) is 24.5. The van der Waals surface area contributed by atoms with Crippen LogP contribution in [0.3, 0.4) is 0 Å². The summed E-state index contributed by atoms with van der Waals surface area (Å²) in [5.74, 6) is -1.98. The lowest BCUT2D eigenvalue weighted by molar-refractivity contribution is -0.117. The highest BCUT2D eigenvalue weighted by Crippen LogP contribution is 2.21. The van der Waals surface area contributed by atoms with Gasteiger partial charge in [-0.05, 0) is 53.7 Å². The summed E-state index contributed by atoms with van der Waals surface area (Å²) >= 11 is 0. The van der Waals surface area contributed by atoms with E-state index in [1.807, 2.05) is 36.4 Å². The molecular weight excluding hydrogens is 436 g/mol. The smallest absolute Gasteiger partial charge is 0.247 e. The van der Waals surface area contributed by atoms with Gasteiger partial charge in [0.1, 0.15) is 11.9 Å². The largest absolute Gasteiger partial charge is 0.384 e. The molecule has 2 aromatic carbocycles. The van der Waals surface area contributed by atoms with Crippen LogP contribution < -0.4 is 11.1 Å². The average Bonchev–Trinajstić information content (AvgIpc) is 2.84. The number of halogens is 2. The van der Waals surface area contributed by atoms with Crippen LogP contribution in [0.25, 0.3) is 11.1 Å². The predicted molar refractivity (Wildman–Crippen MR) is 127 cm³/mol. The highest BCUT2D eigenvalue weighted by atomic mass is 19.2. The molecule has 0 aliphatic rings. The van der Waals surface area contributed by atoms with E-state index in [9.17, 15) is 18.8 Å². The summed E-state index contributed by atoms with van der Waals surface area (Å²) in [4.78, 5) is 20.6. The molecule has 170 valence electrons. The summed E-state index contributed by atoms with van der Waals surface area (Å²) in [6, 6.07) is 16.5. The molecule has 0 saturated heterocycles. The highest BCUT2D eigenvalue weighted by molar-refractivity contribution is 5.94. The predicted octanol–water partition coefficient (Wildman–Crippen LogP) is 4.50. The Bertz CT molecular complexity index is 1290. The van der Waals surface area contributed by atoms with Gasteiger partial charge in [0, 0.05) is 36.5 Å². The van der Waals surface area contributed by atoms with E-state index in [1.165, 1.54) is 18.3 Å². The number of nitrogens with two attached hydrogens (primary N) is 1. The molecule has 6 nitrogen and oxygen atoms in total. The molecule has 0 fully saturated rings. The number of allylic oxidation sites excluding steroid dienone is 2. The van der Waals surface area contributed by atoms with Gasteiger partial charge in [0.2, 0.25) is 5.91 Å². The lowest BCUT2D eigenvalue weighted by Gasteiger charge is -2.11. The van der Waals surface area contributed by atoms with E-state index in [0.717, 1.165) is 28.8 Å². The number of amides is 1. The van der Waals surface area contributed by atoms with Crippen molar-refractivity contribution in [1.29, 1.82) is 5.26 Å². The first kappa shape index (κ1) is 24.0. The monoisotopic (exact) mass is 457 g/mol. The number of carbonyl (C=O) groups excluding carboxylic acids is 1. The average molecular weight is 457 g/mol. The second-order valence-corrected chi connectivity index (χ2v) is 7.32. The number of carbonyl (C=O) groups is 1. The Morgan fingerprint density at radius 2 is 1.79 bits per heavy atom. The van der Waals surface area contributed by atoms with Crippen LogP contribution >= 0.6 is 0 Å². The number of benzene rings is 2. The van der Waals surface area contributed by atoms with Crippen LogP contribution in [0, 0.1) is 23.0 Å². The summed E-state index contributed by atoms with van der Waals surface area (Å²) in [6.45, 7) is 3.32. The number of aliphatic imine (C=N–C) groups is 1. The fourth-order valence-electron chi connectivity index (χ4n) is 3.14. The first-order valence-electron chi connectivity index (χ1n) is 10.2. The van der Waals surface area contributed by atoms with E-state index in [0.29, 0.717) is 17.0 Å². The molecule has 0 unspecified atom stereocenters. The lowest BCUT2D eigenvalue weighted by Crippen LogP contribution is -2.25. The highest BCUT2D eigenvalue weighted by Gasteiger charge is 2.13. The van der Waals surface area contributed by atoms with Gasteiger partial charge in [0.05, 0.1) is 5.57 Å². The quantitative estimate of drug-likeness (QED) is 0.225. The molecule has 1 aromatic heterocycles. The molecular formula is C26H21F2N5O. The number of aromatic nitrogens is 1. The number of nitrogen functional groups attached to an aromatic ring is 1. The minimum Gasteiger partial charge on any atom is -0.384 e. The number of nitriles is 1. The fraction of sp³-hybridized carbons (Fsp3) is 0.0769. The van der Waals surface area contributed by atoms with Crippen LogP contribution in [0.1, 0.15) is 11.1 Å². The van der Waals surface area contributed by atoms with Crippen molar-refractivity contribution < 1.29 is 13.6 Å². The first-order chi connectivity index (χ1) is 16.4. The number of rotatable bonds is 8. The van der Waals surface area contributed by atoms with Crippen LogP contribution in [-0.2, 0) is 17.8 Å². The number of hydrogen-bond donors (Lipinski definition) is 2. The molecule has 3 rings (SSSR count). The molecule has 3 aromatic rings. The van der Waals surface area contributed by atoms with Crippen molar-refractivity contribution in [3.05, 3.63) is 107 Å². The topological polar surface area (TPSA) is 104 Å². The second-order valence-electron chi connectivity index (χ2n) is 7.32. The van der Waals surface area contributed by atoms with Crippen molar-refractivity contribution >= 4 is 18.4 Å². The molecule has 0 atom stereocenters. The van der Waals surface area contributed by atoms with Gasteiger partial charge >= 0.3 is 0 Å². The molecule has 8 heteroatoms. The maximum Gasteiger partial charge on any atom is 0.247 e. The Kier molecular flexibility index (Phi) is 7.97. The number of hydrogen-bond acceptors (Lipinski definition) is 5. The van der Waals surface area contributed by atoms with Crippen LogP contribution in [-0.4, -0.2) is 17.6 Å².